The Kier molecular flexibility index (Phi) is 5.38. The Labute approximate surface area is 148 Å². The van der Waals surface area contributed by atoms with Crippen LogP contribution in [-0.4, -0.2) is 37.6 Å². The van der Waals surface area contributed by atoms with Gasteiger partial charge in [0.2, 0.25) is 0 Å². The predicted octanol–water partition coefficient (Wildman–Crippen LogP) is 2.95. The zero-order chi connectivity index (χ0) is 17.8. The molecule has 1 aromatic carbocycles. The Hall–Kier alpha value is -2.34. The number of benzene rings is 1. The van der Waals surface area contributed by atoms with E-state index >= 15 is 0 Å². The van der Waals surface area contributed by atoms with Crippen LogP contribution < -0.4 is 10.2 Å². The van der Waals surface area contributed by atoms with Gasteiger partial charge < -0.3 is 19.4 Å². The summed E-state index contributed by atoms with van der Waals surface area (Å²) in [5.74, 6) is 0.328. The predicted molar refractivity (Wildman–Crippen MR) is 95.8 cm³/mol. The van der Waals surface area contributed by atoms with Gasteiger partial charge in [-0.25, -0.2) is 4.98 Å². The minimum atomic E-state index is -0.211. The third-order valence-corrected chi connectivity index (χ3v) is 4.40. The van der Waals surface area contributed by atoms with E-state index in [0.29, 0.717) is 18.1 Å². The highest BCUT2D eigenvalue weighted by molar-refractivity contribution is 5.93. The van der Waals surface area contributed by atoms with Crippen LogP contribution in [0.2, 0.25) is 0 Å². The molecular formula is C19H25N3O3. The van der Waals surface area contributed by atoms with Crippen molar-refractivity contribution in [3.05, 3.63) is 47.7 Å². The van der Waals surface area contributed by atoms with Gasteiger partial charge in [0.15, 0.2) is 17.8 Å². The maximum Gasteiger partial charge on any atom is 0.273 e. The largest absolute Gasteiger partial charge is 0.445 e. The number of amides is 1. The van der Waals surface area contributed by atoms with Crippen LogP contribution in [0.15, 0.2) is 35.1 Å². The summed E-state index contributed by atoms with van der Waals surface area (Å²) in [6, 6.07) is 8.33. The molecule has 2 aromatic rings. The summed E-state index contributed by atoms with van der Waals surface area (Å²) in [5.41, 5.74) is 2.67. The molecule has 1 fully saturated rings. The zero-order valence-corrected chi connectivity index (χ0v) is 15.0. The molecule has 1 N–H and O–H groups in total. The second-order valence-corrected chi connectivity index (χ2v) is 6.71. The van der Waals surface area contributed by atoms with Gasteiger partial charge in [0.25, 0.3) is 5.91 Å². The summed E-state index contributed by atoms with van der Waals surface area (Å²) < 4.78 is 11.0. The summed E-state index contributed by atoms with van der Waals surface area (Å²) in [5, 5.41) is 3.00. The lowest BCUT2D eigenvalue weighted by Crippen LogP contribution is -2.35. The van der Waals surface area contributed by atoms with Crippen LogP contribution in [0, 0.1) is 0 Å². The third-order valence-electron chi connectivity index (χ3n) is 4.40. The SMILES string of the molecule is C[C@H](Cc1ccc(N(C)C)cc1)NC(=O)c1ncoc1[C@H]1CCCO1. The van der Waals surface area contributed by atoms with Crippen molar-refractivity contribution in [2.75, 3.05) is 25.6 Å². The molecule has 25 heavy (non-hydrogen) atoms. The highest BCUT2D eigenvalue weighted by Crippen LogP contribution is 2.30. The number of carbonyl (C=O) groups excluding carboxylic acids is 1. The molecule has 0 spiro atoms. The third kappa shape index (κ3) is 4.20. The quantitative estimate of drug-likeness (QED) is 0.873. The Morgan fingerprint density at radius 3 is 2.76 bits per heavy atom. The normalized spacial score (nSPS) is 18.1. The van der Waals surface area contributed by atoms with Gasteiger partial charge >= 0.3 is 0 Å². The van der Waals surface area contributed by atoms with E-state index in [0.717, 1.165) is 24.9 Å². The number of hydrogen-bond acceptors (Lipinski definition) is 5. The van der Waals surface area contributed by atoms with E-state index in [9.17, 15) is 4.79 Å². The highest BCUT2D eigenvalue weighted by Gasteiger charge is 2.28. The molecule has 6 nitrogen and oxygen atoms in total. The van der Waals surface area contributed by atoms with Crippen LogP contribution in [0.5, 0.6) is 0 Å². The second-order valence-electron chi connectivity index (χ2n) is 6.71. The number of rotatable bonds is 6. The van der Waals surface area contributed by atoms with Crippen molar-refractivity contribution in [2.24, 2.45) is 0 Å². The van der Waals surface area contributed by atoms with Crippen LogP contribution in [0.4, 0.5) is 5.69 Å². The summed E-state index contributed by atoms with van der Waals surface area (Å²) in [7, 11) is 4.03. The first-order valence-corrected chi connectivity index (χ1v) is 8.66. The molecule has 0 radical (unpaired) electrons. The summed E-state index contributed by atoms with van der Waals surface area (Å²) in [4.78, 5) is 18.7. The van der Waals surface area contributed by atoms with Crippen LogP contribution in [0.3, 0.4) is 0 Å². The molecule has 134 valence electrons. The summed E-state index contributed by atoms with van der Waals surface area (Å²) in [6.07, 6.45) is 3.76. The minimum Gasteiger partial charge on any atom is -0.445 e. The first-order chi connectivity index (χ1) is 12.0. The first kappa shape index (κ1) is 17.5. The molecule has 3 rings (SSSR count). The lowest BCUT2D eigenvalue weighted by atomic mass is 10.1. The van der Waals surface area contributed by atoms with Gasteiger partial charge in [0.05, 0.1) is 0 Å². The monoisotopic (exact) mass is 343 g/mol. The zero-order valence-electron chi connectivity index (χ0n) is 15.0. The van der Waals surface area contributed by atoms with Crippen molar-refractivity contribution in [2.45, 2.75) is 38.3 Å². The number of nitrogens with zero attached hydrogens (tertiary/aromatic N) is 2. The maximum atomic E-state index is 12.5. The van der Waals surface area contributed by atoms with E-state index in [1.807, 2.05) is 21.0 Å². The Bertz CT molecular complexity index is 703. The van der Waals surface area contributed by atoms with Gasteiger partial charge in [-0.15, -0.1) is 0 Å². The number of nitrogens with one attached hydrogen (secondary N) is 1. The van der Waals surface area contributed by atoms with Crippen LogP contribution in [0.25, 0.3) is 0 Å². The lowest BCUT2D eigenvalue weighted by molar-refractivity contribution is 0.0854. The van der Waals surface area contributed by atoms with Crippen molar-refractivity contribution in [1.82, 2.24) is 10.3 Å². The van der Waals surface area contributed by atoms with Crippen molar-refractivity contribution in [1.29, 1.82) is 0 Å². The number of hydrogen-bond donors (Lipinski definition) is 1. The van der Waals surface area contributed by atoms with Crippen LogP contribution >= 0.6 is 0 Å². The standard InChI is InChI=1S/C19H25N3O3/c1-13(11-14-6-8-15(9-7-14)22(2)3)21-19(23)17-18(25-12-20-17)16-5-4-10-24-16/h6-9,12-13,16H,4-5,10-11H2,1-3H3,(H,21,23)/t13-,16-/m1/s1. The molecule has 1 amide bonds. The second kappa shape index (κ2) is 7.70. The summed E-state index contributed by atoms with van der Waals surface area (Å²) >= 11 is 0. The first-order valence-electron chi connectivity index (χ1n) is 8.66. The Morgan fingerprint density at radius 2 is 2.12 bits per heavy atom. The number of oxazole rings is 1. The molecule has 1 aromatic heterocycles. The Morgan fingerprint density at radius 1 is 1.36 bits per heavy atom. The highest BCUT2D eigenvalue weighted by atomic mass is 16.5. The lowest BCUT2D eigenvalue weighted by Gasteiger charge is -2.16. The van der Waals surface area contributed by atoms with E-state index in [1.165, 1.54) is 12.0 Å². The van der Waals surface area contributed by atoms with Gasteiger partial charge in [-0.3, -0.25) is 4.79 Å². The molecule has 1 aliphatic rings. The van der Waals surface area contributed by atoms with Gasteiger partial charge in [-0.2, -0.15) is 0 Å². The van der Waals surface area contributed by atoms with Gasteiger partial charge in [0.1, 0.15) is 6.10 Å². The van der Waals surface area contributed by atoms with Crippen molar-refractivity contribution >= 4 is 11.6 Å². The van der Waals surface area contributed by atoms with Crippen molar-refractivity contribution in [3.8, 4) is 0 Å². The molecular weight excluding hydrogens is 318 g/mol. The topological polar surface area (TPSA) is 67.6 Å². The minimum absolute atomic E-state index is 0.00764. The molecule has 0 saturated carbocycles. The van der Waals surface area contributed by atoms with E-state index in [1.54, 1.807) is 0 Å². The number of aromatic nitrogens is 1. The fourth-order valence-corrected chi connectivity index (χ4v) is 3.07. The van der Waals surface area contributed by atoms with Crippen LogP contribution in [-0.2, 0) is 11.2 Å². The molecule has 2 atom stereocenters. The smallest absolute Gasteiger partial charge is 0.273 e. The van der Waals surface area contributed by atoms with Gasteiger partial charge in [-0.05, 0) is 43.9 Å². The van der Waals surface area contributed by atoms with Crippen molar-refractivity contribution < 1.29 is 13.9 Å². The maximum absolute atomic E-state index is 12.5. The number of anilines is 1. The van der Waals surface area contributed by atoms with E-state index in [2.05, 4.69) is 39.5 Å². The van der Waals surface area contributed by atoms with E-state index in [-0.39, 0.29) is 18.1 Å². The van der Waals surface area contributed by atoms with Crippen LogP contribution in [0.1, 0.15) is 47.7 Å². The molecule has 0 unspecified atom stereocenters. The Balaban J connectivity index is 1.60. The average Bonchev–Trinajstić information content (AvgIpc) is 3.26. The number of carbonyl (C=O) groups is 1. The molecule has 1 aliphatic heterocycles. The molecule has 6 heteroatoms. The molecule has 1 saturated heterocycles. The van der Waals surface area contributed by atoms with E-state index in [4.69, 9.17) is 9.15 Å². The van der Waals surface area contributed by atoms with Crippen molar-refractivity contribution in [3.63, 3.8) is 0 Å². The van der Waals surface area contributed by atoms with Gasteiger partial charge in [0, 0.05) is 32.4 Å². The molecule has 0 aliphatic carbocycles. The fraction of sp³-hybridized carbons (Fsp3) is 0.474. The molecule has 2 heterocycles. The average molecular weight is 343 g/mol. The summed E-state index contributed by atoms with van der Waals surface area (Å²) in [6.45, 7) is 2.69. The fourth-order valence-electron chi connectivity index (χ4n) is 3.07. The number of ether oxygens (including phenoxy) is 1. The van der Waals surface area contributed by atoms with Gasteiger partial charge in [-0.1, -0.05) is 12.1 Å². The van der Waals surface area contributed by atoms with E-state index < -0.39 is 0 Å². The molecule has 0 bridgehead atoms.